The van der Waals surface area contributed by atoms with Gasteiger partial charge in [-0.1, -0.05) is 0 Å². The summed E-state index contributed by atoms with van der Waals surface area (Å²) in [7, 11) is -3.77. The van der Waals surface area contributed by atoms with E-state index in [4.69, 9.17) is 9.84 Å². The number of carbonyl (C=O) groups excluding carboxylic acids is 1. The molecular weight excluding hydrogens is 262 g/mol. The summed E-state index contributed by atoms with van der Waals surface area (Å²) in [4.78, 5) is 21.7. The van der Waals surface area contributed by atoms with Gasteiger partial charge in [0, 0.05) is 6.54 Å². The van der Waals surface area contributed by atoms with Crippen molar-refractivity contribution in [3.63, 3.8) is 0 Å². The van der Waals surface area contributed by atoms with E-state index < -0.39 is 38.5 Å². The number of hydrogen-bond acceptors (Lipinski definition) is 5. The van der Waals surface area contributed by atoms with E-state index in [9.17, 15) is 18.0 Å². The number of rotatable bonds is 5. The van der Waals surface area contributed by atoms with Crippen LogP contribution in [0.1, 0.15) is 27.7 Å². The van der Waals surface area contributed by atoms with Crippen molar-refractivity contribution in [3.8, 4) is 0 Å². The molecule has 1 amide bonds. The van der Waals surface area contributed by atoms with E-state index in [-0.39, 0.29) is 6.54 Å². The fourth-order valence-electron chi connectivity index (χ4n) is 0.940. The maximum absolute atomic E-state index is 11.5. The van der Waals surface area contributed by atoms with Crippen LogP contribution in [0.25, 0.3) is 0 Å². The molecule has 106 valence electrons. The van der Waals surface area contributed by atoms with E-state index in [1.807, 2.05) is 0 Å². The van der Waals surface area contributed by atoms with Gasteiger partial charge in [0.1, 0.15) is 5.60 Å². The molecule has 0 aliphatic heterocycles. The number of carboxylic acid groups (broad SMARTS) is 1. The Kier molecular flexibility index (Phi) is 5.59. The Labute approximate surface area is 106 Å². The maximum Gasteiger partial charge on any atom is 0.407 e. The summed E-state index contributed by atoms with van der Waals surface area (Å²) in [6.45, 7) is 5.93. The first-order valence-corrected chi connectivity index (χ1v) is 7.08. The highest BCUT2D eigenvalue weighted by molar-refractivity contribution is 7.92. The summed E-state index contributed by atoms with van der Waals surface area (Å²) in [5.74, 6) is -1.85. The van der Waals surface area contributed by atoms with Crippen LogP contribution >= 0.6 is 0 Å². The molecule has 0 aromatic carbocycles. The number of nitrogens with one attached hydrogen (secondary N) is 1. The van der Waals surface area contributed by atoms with Crippen molar-refractivity contribution in [1.82, 2.24) is 5.32 Å². The molecule has 7 nitrogen and oxygen atoms in total. The van der Waals surface area contributed by atoms with Gasteiger partial charge >= 0.3 is 12.1 Å². The summed E-state index contributed by atoms with van der Waals surface area (Å²) >= 11 is 0. The highest BCUT2D eigenvalue weighted by Crippen LogP contribution is 2.06. The summed E-state index contributed by atoms with van der Waals surface area (Å²) in [5.41, 5.74) is -0.669. The first-order chi connectivity index (χ1) is 7.96. The molecule has 0 rings (SSSR count). The number of aliphatic carboxylic acids is 1. The van der Waals surface area contributed by atoms with Crippen LogP contribution in [-0.2, 0) is 19.4 Å². The normalized spacial score (nSPS) is 13.8. The molecule has 0 radical (unpaired) electrons. The van der Waals surface area contributed by atoms with Crippen molar-refractivity contribution in [2.45, 2.75) is 38.5 Å². The minimum Gasteiger partial charge on any atom is -0.480 e. The molecular formula is C10H19NO6S. The average Bonchev–Trinajstić information content (AvgIpc) is 2.12. The minimum absolute atomic E-state index is 0.186. The van der Waals surface area contributed by atoms with Gasteiger partial charge in [0.25, 0.3) is 0 Å². The Balaban J connectivity index is 4.21. The van der Waals surface area contributed by atoms with E-state index in [0.717, 1.165) is 6.92 Å². The lowest BCUT2D eigenvalue weighted by Gasteiger charge is -2.19. The monoisotopic (exact) mass is 281 g/mol. The van der Waals surface area contributed by atoms with Crippen molar-refractivity contribution in [2.75, 3.05) is 12.3 Å². The molecule has 2 N–H and O–H groups in total. The van der Waals surface area contributed by atoms with Crippen molar-refractivity contribution in [2.24, 2.45) is 0 Å². The molecule has 8 heteroatoms. The van der Waals surface area contributed by atoms with Crippen LogP contribution in [0.2, 0.25) is 0 Å². The average molecular weight is 281 g/mol. The largest absolute Gasteiger partial charge is 0.480 e. The topological polar surface area (TPSA) is 110 Å². The smallest absolute Gasteiger partial charge is 0.407 e. The third kappa shape index (κ3) is 6.43. The molecule has 1 atom stereocenters. The van der Waals surface area contributed by atoms with E-state index in [2.05, 4.69) is 5.32 Å². The molecule has 0 aromatic rings. The zero-order chi connectivity index (χ0) is 14.6. The predicted molar refractivity (Wildman–Crippen MR) is 65.1 cm³/mol. The molecule has 0 spiro atoms. The molecule has 0 fully saturated rings. The van der Waals surface area contributed by atoms with Gasteiger partial charge in [-0.25, -0.2) is 13.2 Å². The highest BCUT2D eigenvalue weighted by Gasteiger charge is 2.27. The molecule has 0 unspecified atom stereocenters. The lowest BCUT2D eigenvalue weighted by Crippen LogP contribution is -2.37. The zero-order valence-electron chi connectivity index (χ0n) is 10.9. The van der Waals surface area contributed by atoms with Crippen LogP contribution < -0.4 is 5.32 Å². The molecule has 0 aliphatic rings. The van der Waals surface area contributed by atoms with Crippen LogP contribution in [0.3, 0.4) is 0 Å². The van der Waals surface area contributed by atoms with Crippen LogP contribution in [0, 0.1) is 0 Å². The van der Waals surface area contributed by atoms with Crippen molar-refractivity contribution in [1.29, 1.82) is 0 Å². The van der Waals surface area contributed by atoms with Gasteiger partial charge in [-0.15, -0.1) is 0 Å². The van der Waals surface area contributed by atoms with Crippen LogP contribution in [0.15, 0.2) is 0 Å². The lowest BCUT2D eigenvalue weighted by molar-refractivity contribution is -0.136. The number of hydrogen-bond donors (Lipinski definition) is 2. The first-order valence-electron chi connectivity index (χ1n) is 5.37. The maximum atomic E-state index is 11.5. The van der Waals surface area contributed by atoms with Crippen molar-refractivity contribution in [3.05, 3.63) is 0 Å². The van der Waals surface area contributed by atoms with E-state index >= 15 is 0 Å². The summed E-state index contributed by atoms with van der Waals surface area (Å²) < 4.78 is 27.8. The molecule has 0 saturated carbocycles. The number of alkyl carbamates (subject to hydrolysis) is 1. The zero-order valence-corrected chi connectivity index (χ0v) is 11.7. The second-order valence-corrected chi connectivity index (χ2v) is 7.22. The van der Waals surface area contributed by atoms with Gasteiger partial charge in [-0.2, -0.15) is 0 Å². The van der Waals surface area contributed by atoms with E-state index in [0.29, 0.717) is 0 Å². The van der Waals surface area contributed by atoms with Crippen molar-refractivity contribution < 1.29 is 27.9 Å². The first kappa shape index (κ1) is 16.7. The van der Waals surface area contributed by atoms with Gasteiger partial charge < -0.3 is 15.2 Å². The number of sulfone groups is 1. The molecule has 0 heterocycles. The molecule has 0 bridgehead atoms. The van der Waals surface area contributed by atoms with Gasteiger partial charge in [0.05, 0.1) is 5.75 Å². The second-order valence-electron chi connectivity index (χ2n) is 4.78. The Hall–Kier alpha value is -1.31. The quantitative estimate of drug-likeness (QED) is 0.754. The van der Waals surface area contributed by atoms with Crippen molar-refractivity contribution >= 4 is 21.9 Å². The Morgan fingerprint density at radius 2 is 1.83 bits per heavy atom. The van der Waals surface area contributed by atoms with Crippen LogP contribution in [0.5, 0.6) is 0 Å². The second kappa shape index (κ2) is 6.03. The summed E-state index contributed by atoms with van der Waals surface area (Å²) in [6.07, 6.45) is -0.735. The summed E-state index contributed by atoms with van der Waals surface area (Å²) in [5, 5.41) is 9.36. The fourth-order valence-corrected chi connectivity index (χ4v) is 1.99. The van der Waals surface area contributed by atoms with Crippen LogP contribution in [-0.4, -0.2) is 48.7 Å². The Morgan fingerprint density at radius 3 is 2.22 bits per heavy atom. The third-order valence-electron chi connectivity index (χ3n) is 1.94. The molecule has 0 aromatic heterocycles. The standard InChI is InChI=1S/C10H19NO6S/c1-7(8(12)13)18(15,16)6-5-11-9(14)17-10(2,3)4/h7H,5-6H2,1-4H3,(H,11,14)(H,12,13)/t7-/m0/s1. The van der Waals surface area contributed by atoms with E-state index in [1.54, 1.807) is 20.8 Å². The van der Waals surface area contributed by atoms with Gasteiger partial charge in [-0.05, 0) is 27.7 Å². The van der Waals surface area contributed by atoms with Gasteiger partial charge in [-0.3, -0.25) is 4.79 Å². The van der Waals surface area contributed by atoms with Gasteiger partial charge in [0.15, 0.2) is 15.1 Å². The highest BCUT2D eigenvalue weighted by atomic mass is 32.2. The Bertz CT molecular complexity index is 409. The lowest BCUT2D eigenvalue weighted by atomic mass is 10.2. The third-order valence-corrected chi connectivity index (χ3v) is 3.99. The van der Waals surface area contributed by atoms with Gasteiger partial charge in [0.2, 0.25) is 0 Å². The number of carboxylic acids is 1. The SMILES string of the molecule is C[C@@H](C(=O)O)S(=O)(=O)CCNC(=O)OC(C)(C)C. The Morgan fingerprint density at radius 1 is 1.33 bits per heavy atom. The predicted octanol–water partition coefficient (Wildman–Crippen LogP) is 0.399. The molecule has 18 heavy (non-hydrogen) atoms. The molecule has 0 saturated heterocycles. The minimum atomic E-state index is -3.77. The molecule has 0 aliphatic carbocycles. The number of carbonyl (C=O) groups is 2. The fraction of sp³-hybridized carbons (Fsp3) is 0.800. The number of amides is 1. The summed E-state index contributed by atoms with van der Waals surface area (Å²) in [6, 6.07) is 0. The van der Waals surface area contributed by atoms with E-state index in [1.165, 1.54) is 0 Å². The number of ether oxygens (including phenoxy) is 1. The van der Waals surface area contributed by atoms with Crippen LogP contribution in [0.4, 0.5) is 4.79 Å².